The SMILES string of the molecule is CSCCC(C(=O)O)N1C(=O)C2C3CC[C@H](O3)C2C1=O. The van der Waals surface area contributed by atoms with Gasteiger partial charge in [-0.2, -0.15) is 11.8 Å². The van der Waals surface area contributed by atoms with Crippen molar-refractivity contribution in [2.45, 2.75) is 37.5 Å². The fourth-order valence-corrected chi connectivity index (χ4v) is 4.09. The Morgan fingerprint density at radius 1 is 1.35 bits per heavy atom. The first kappa shape index (κ1) is 13.9. The second kappa shape index (κ2) is 5.04. The van der Waals surface area contributed by atoms with Crippen molar-refractivity contribution in [2.24, 2.45) is 11.8 Å². The van der Waals surface area contributed by atoms with Gasteiger partial charge >= 0.3 is 5.97 Å². The van der Waals surface area contributed by atoms with E-state index in [1.165, 1.54) is 11.8 Å². The quantitative estimate of drug-likeness (QED) is 0.738. The van der Waals surface area contributed by atoms with Gasteiger partial charge in [-0.15, -0.1) is 0 Å². The lowest BCUT2D eigenvalue weighted by atomic mass is 9.81. The van der Waals surface area contributed by atoms with Gasteiger partial charge in [0.2, 0.25) is 11.8 Å². The number of amides is 2. The summed E-state index contributed by atoms with van der Waals surface area (Å²) in [7, 11) is 0. The Bertz CT molecular complexity index is 440. The molecular formula is C13H17NO5S. The van der Waals surface area contributed by atoms with Gasteiger partial charge in [0.25, 0.3) is 0 Å². The molecule has 0 aromatic heterocycles. The molecule has 4 unspecified atom stereocenters. The van der Waals surface area contributed by atoms with E-state index in [4.69, 9.17) is 4.74 Å². The number of likely N-dealkylation sites (tertiary alicyclic amines) is 1. The number of rotatable bonds is 5. The Hall–Kier alpha value is -1.08. The molecule has 3 rings (SSSR count). The number of fused-ring (bicyclic) bond motifs is 5. The number of hydrogen-bond acceptors (Lipinski definition) is 5. The van der Waals surface area contributed by atoms with E-state index in [0.29, 0.717) is 12.2 Å². The molecule has 3 aliphatic heterocycles. The predicted molar refractivity (Wildman–Crippen MR) is 71.2 cm³/mol. The highest BCUT2D eigenvalue weighted by Crippen LogP contribution is 2.49. The zero-order chi connectivity index (χ0) is 14.4. The first-order valence-electron chi connectivity index (χ1n) is 6.80. The highest BCUT2D eigenvalue weighted by molar-refractivity contribution is 7.98. The monoisotopic (exact) mass is 299 g/mol. The Balaban J connectivity index is 1.85. The van der Waals surface area contributed by atoms with E-state index < -0.39 is 23.8 Å². The molecule has 6 nitrogen and oxygen atoms in total. The van der Waals surface area contributed by atoms with Gasteiger partial charge in [-0.1, -0.05) is 0 Å². The van der Waals surface area contributed by atoms with Crippen LogP contribution in [0.4, 0.5) is 0 Å². The van der Waals surface area contributed by atoms with E-state index in [2.05, 4.69) is 0 Å². The molecule has 7 heteroatoms. The molecular weight excluding hydrogens is 282 g/mol. The molecule has 0 aliphatic carbocycles. The second-order valence-corrected chi connectivity index (χ2v) is 6.51. The van der Waals surface area contributed by atoms with Crippen LogP contribution in [0.1, 0.15) is 19.3 Å². The molecule has 0 aromatic carbocycles. The molecule has 3 aliphatic rings. The average molecular weight is 299 g/mol. The normalized spacial score (nSPS) is 36.5. The standard InChI is InChI=1S/C13H17NO5S/c1-20-5-4-6(13(17)18)14-11(15)9-7-2-3-8(19-7)10(9)12(14)16/h6-10H,2-5H2,1H3,(H,17,18)/t6?,7-,8?,9?,10?/m0/s1. The summed E-state index contributed by atoms with van der Waals surface area (Å²) in [5, 5.41) is 9.32. The molecule has 110 valence electrons. The number of aliphatic carboxylic acids is 1. The van der Waals surface area contributed by atoms with Crippen LogP contribution < -0.4 is 0 Å². The largest absolute Gasteiger partial charge is 0.480 e. The number of carbonyl (C=O) groups is 3. The Morgan fingerprint density at radius 3 is 2.35 bits per heavy atom. The molecule has 0 spiro atoms. The molecule has 0 saturated carbocycles. The third-order valence-electron chi connectivity index (χ3n) is 4.51. The fraction of sp³-hybridized carbons (Fsp3) is 0.769. The number of carboxylic acid groups (broad SMARTS) is 1. The maximum absolute atomic E-state index is 12.5. The van der Waals surface area contributed by atoms with Gasteiger partial charge in [0.05, 0.1) is 24.0 Å². The number of carbonyl (C=O) groups excluding carboxylic acids is 2. The van der Waals surface area contributed by atoms with Crippen molar-refractivity contribution in [3.8, 4) is 0 Å². The average Bonchev–Trinajstić information content (AvgIpc) is 3.07. The number of ether oxygens (including phenoxy) is 1. The van der Waals surface area contributed by atoms with Crippen molar-refractivity contribution in [3.63, 3.8) is 0 Å². The van der Waals surface area contributed by atoms with Gasteiger partial charge in [0.1, 0.15) is 6.04 Å². The molecule has 2 amide bonds. The van der Waals surface area contributed by atoms with Crippen LogP contribution in [0.25, 0.3) is 0 Å². The smallest absolute Gasteiger partial charge is 0.326 e. The first-order chi connectivity index (χ1) is 9.56. The number of nitrogens with zero attached hydrogens (tertiary/aromatic N) is 1. The van der Waals surface area contributed by atoms with E-state index in [9.17, 15) is 19.5 Å². The van der Waals surface area contributed by atoms with Gasteiger partial charge in [0, 0.05) is 0 Å². The van der Waals surface area contributed by atoms with Crippen LogP contribution in [0.5, 0.6) is 0 Å². The van der Waals surface area contributed by atoms with Crippen molar-refractivity contribution >= 4 is 29.5 Å². The van der Waals surface area contributed by atoms with E-state index in [1.54, 1.807) is 0 Å². The van der Waals surface area contributed by atoms with E-state index in [-0.39, 0.29) is 24.0 Å². The van der Waals surface area contributed by atoms with Gasteiger partial charge in [0.15, 0.2) is 0 Å². The summed E-state index contributed by atoms with van der Waals surface area (Å²) in [5.41, 5.74) is 0. The highest BCUT2D eigenvalue weighted by Gasteiger charge is 2.63. The van der Waals surface area contributed by atoms with Crippen molar-refractivity contribution < 1.29 is 24.2 Å². The summed E-state index contributed by atoms with van der Waals surface area (Å²) in [5.74, 6) is -2.09. The Morgan fingerprint density at radius 2 is 1.90 bits per heavy atom. The maximum atomic E-state index is 12.5. The molecule has 5 atom stereocenters. The van der Waals surface area contributed by atoms with Gasteiger partial charge < -0.3 is 9.84 Å². The Kier molecular flexibility index (Phi) is 3.50. The number of hydrogen-bond donors (Lipinski definition) is 1. The summed E-state index contributed by atoms with van der Waals surface area (Å²) in [6.45, 7) is 0. The van der Waals surface area contributed by atoms with Crippen molar-refractivity contribution in [2.75, 3.05) is 12.0 Å². The number of carboxylic acids is 1. The third kappa shape index (κ3) is 1.87. The van der Waals surface area contributed by atoms with Crippen LogP contribution in [0, 0.1) is 11.8 Å². The lowest BCUT2D eigenvalue weighted by Gasteiger charge is -2.24. The molecule has 1 N–H and O–H groups in total. The zero-order valence-corrected chi connectivity index (χ0v) is 12.0. The molecule has 3 heterocycles. The topological polar surface area (TPSA) is 83.9 Å². The minimum atomic E-state index is -1.10. The molecule has 3 saturated heterocycles. The minimum absolute atomic E-state index is 0.193. The minimum Gasteiger partial charge on any atom is -0.480 e. The highest BCUT2D eigenvalue weighted by atomic mass is 32.2. The fourth-order valence-electron chi connectivity index (χ4n) is 3.63. The van der Waals surface area contributed by atoms with E-state index >= 15 is 0 Å². The lowest BCUT2D eigenvalue weighted by Crippen LogP contribution is -2.47. The van der Waals surface area contributed by atoms with Gasteiger partial charge in [-0.25, -0.2) is 4.79 Å². The summed E-state index contributed by atoms with van der Waals surface area (Å²) >= 11 is 1.51. The van der Waals surface area contributed by atoms with Crippen LogP contribution >= 0.6 is 11.8 Å². The maximum Gasteiger partial charge on any atom is 0.326 e. The summed E-state index contributed by atoms with van der Waals surface area (Å²) in [4.78, 5) is 37.3. The van der Waals surface area contributed by atoms with Crippen molar-refractivity contribution in [3.05, 3.63) is 0 Å². The zero-order valence-electron chi connectivity index (χ0n) is 11.2. The second-order valence-electron chi connectivity index (χ2n) is 5.52. The van der Waals surface area contributed by atoms with Crippen LogP contribution in [-0.4, -0.2) is 58.0 Å². The molecule has 2 bridgehead atoms. The van der Waals surface area contributed by atoms with Crippen LogP contribution in [0.2, 0.25) is 0 Å². The van der Waals surface area contributed by atoms with Gasteiger partial charge in [-0.3, -0.25) is 14.5 Å². The van der Waals surface area contributed by atoms with Crippen molar-refractivity contribution in [1.82, 2.24) is 4.90 Å². The molecule has 0 aromatic rings. The molecule has 3 fully saturated rings. The van der Waals surface area contributed by atoms with Gasteiger partial charge in [-0.05, 0) is 31.3 Å². The molecule has 20 heavy (non-hydrogen) atoms. The Labute approximate surface area is 120 Å². The third-order valence-corrected chi connectivity index (χ3v) is 5.15. The lowest BCUT2D eigenvalue weighted by molar-refractivity contribution is -0.156. The van der Waals surface area contributed by atoms with Crippen LogP contribution in [-0.2, 0) is 19.1 Å². The number of imide groups is 1. The van der Waals surface area contributed by atoms with E-state index in [1.807, 2.05) is 6.26 Å². The van der Waals surface area contributed by atoms with Crippen LogP contribution in [0.15, 0.2) is 0 Å². The summed E-state index contributed by atoms with van der Waals surface area (Å²) in [6.07, 6.45) is 3.37. The summed E-state index contributed by atoms with van der Waals surface area (Å²) < 4.78 is 5.63. The first-order valence-corrected chi connectivity index (χ1v) is 8.19. The van der Waals surface area contributed by atoms with Crippen molar-refractivity contribution in [1.29, 1.82) is 0 Å². The summed E-state index contributed by atoms with van der Waals surface area (Å²) in [6, 6.07) is -1.03. The molecule has 0 radical (unpaired) electrons. The predicted octanol–water partition coefficient (Wildman–Crippen LogP) is 0.355. The number of thioether (sulfide) groups is 1. The van der Waals surface area contributed by atoms with E-state index in [0.717, 1.165) is 17.7 Å². The van der Waals surface area contributed by atoms with Crippen LogP contribution in [0.3, 0.4) is 0 Å².